The zero-order valence-corrected chi connectivity index (χ0v) is 23.4. The normalized spacial score (nSPS) is 30.3. The summed E-state index contributed by atoms with van der Waals surface area (Å²) in [4.78, 5) is 43.0. The van der Waals surface area contributed by atoms with Gasteiger partial charge >= 0.3 is 0 Å². The van der Waals surface area contributed by atoms with Gasteiger partial charge in [0, 0.05) is 17.1 Å². The molecule has 5 rings (SSSR count). The lowest BCUT2D eigenvalue weighted by Crippen LogP contribution is -2.56. The number of amides is 3. The number of nitrogens with zero attached hydrogens (tertiary/aromatic N) is 1. The molecule has 2 aromatic carbocycles. The molecule has 3 aliphatic heterocycles. The molecule has 3 fully saturated rings. The van der Waals surface area contributed by atoms with E-state index in [9.17, 15) is 19.5 Å². The topological polar surface area (TPSA) is 108 Å². The molecule has 3 unspecified atom stereocenters. The monoisotopic (exact) mass is 583 g/mol. The van der Waals surface area contributed by atoms with Crippen LogP contribution in [0, 0.1) is 25.7 Å². The number of halogens is 1. The average molecular weight is 585 g/mol. The summed E-state index contributed by atoms with van der Waals surface area (Å²) in [5.41, 5.74) is 2.29. The van der Waals surface area contributed by atoms with Gasteiger partial charge in [-0.05, 0) is 43.4 Å². The second-order valence-corrected chi connectivity index (χ2v) is 11.8. The summed E-state index contributed by atoms with van der Waals surface area (Å²) in [6.45, 7) is 5.75. The first-order chi connectivity index (χ1) is 18.2. The van der Waals surface area contributed by atoms with E-state index in [1.807, 2.05) is 69.3 Å². The molecule has 3 aliphatic rings. The van der Waals surface area contributed by atoms with Crippen LogP contribution in [-0.2, 0) is 25.7 Å². The van der Waals surface area contributed by atoms with Crippen LogP contribution < -0.4 is 10.6 Å². The van der Waals surface area contributed by atoms with Gasteiger partial charge in [-0.3, -0.25) is 14.4 Å². The molecule has 2 bridgehead atoms. The minimum atomic E-state index is -1.17. The molecule has 3 amide bonds. The number of likely N-dealkylation sites (tertiary alicyclic amines) is 1. The van der Waals surface area contributed by atoms with Crippen molar-refractivity contribution in [1.82, 2.24) is 10.2 Å². The lowest BCUT2D eigenvalue weighted by Gasteiger charge is -2.36. The van der Waals surface area contributed by atoms with Gasteiger partial charge in [-0.1, -0.05) is 71.4 Å². The predicted octanol–water partition coefficient (Wildman–Crippen LogP) is 3.08. The second kappa shape index (κ2) is 10.4. The maximum atomic E-state index is 14.1. The standard InChI is InChI=1S/C29H34BrN3O5/c1-4-19(15-34)33-25(27(36)32-23-16(2)9-8-10-17(23)3)29-13-20(30)24(38-29)21(22(29)28(33)37)26(35)31-14-18-11-6-5-7-12-18/h5-12,19-22,24-25,34H,4,13-15H2,1-3H3,(H,31,35)(H,32,36)/t19-,20?,21-,22-,24-,25?,29?/m0/s1. The smallest absolute Gasteiger partial charge is 0.250 e. The van der Waals surface area contributed by atoms with E-state index in [1.165, 1.54) is 4.90 Å². The Morgan fingerprint density at radius 3 is 2.45 bits per heavy atom. The number of carbonyl (C=O) groups is 3. The van der Waals surface area contributed by atoms with Crippen molar-refractivity contribution in [2.24, 2.45) is 11.8 Å². The minimum absolute atomic E-state index is 0.191. The van der Waals surface area contributed by atoms with Crippen LogP contribution in [0.15, 0.2) is 48.5 Å². The molecule has 0 saturated carbocycles. The zero-order chi connectivity index (χ0) is 27.2. The van der Waals surface area contributed by atoms with Gasteiger partial charge in [-0.25, -0.2) is 0 Å². The van der Waals surface area contributed by atoms with Crippen LogP contribution in [0.25, 0.3) is 0 Å². The molecule has 9 heteroatoms. The molecule has 3 saturated heterocycles. The SMILES string of the molecule is CC[C@@H](CO)N1C(=O)[C@@H]2[C@H](C(=O)NCc3ccccc3)[C@H]3OC2(CC3Br)C1C(=O)Nc1c(C)cccc1C. The molecule has 3 heterocycles. The highest BCUT2D eigenvalue weighted by Gasteiger charge is 2.77. The lowest BCUT2D eigenvalue weighted by molar-refractivity contribution is -0.144. The predicted molar refractivity (Wildman–Crippen MR) is 147 cm³/mol. The largest absolute Gasteiger partial charge is 0.394 e. The minimum Gasteiger partial charge on any atom is -0.394 e. The number of hydrogen-bond donors (Lipinski definition) is 3. The number of aliphatic hydroxyl groups excluding tert-OH is 1. The van der Waals surface area contributed by atoms with Crippen LogP contribution in [0.5, 0.6) is 0 Å². The van der Waals surface area contributed by atoms with E-state index in [0.29, 0.717) is 25.1 Å². The first-order valence-corrected chi connectivity index (χ1v) is 14.1. The zero-order valence-electron chi connectivity index (χ0n) is 21.8. The Bertz CT molecular complexity index is 1220. The van der Waals surface area contributed by atoms with Gasteiger partial charge in [-0.2, -0.15) is 0 Å². The van der Waals surface area contributed by atoms with E-state index in [4.69, 9.17) is 4.74 Å². The fourth-order valence-electron chi connectivity index (χ4n) is 6.58. The average Bonchev–Trinajstić information content (AvgIpc) is 3.50. The van der Waals surface area contributed by atoms with E-state index in [1.54, 1.807) is 0 Å². The second-order valence-electron chi connectivity index (χ2n) is 10.6. The van der Waals surface area contributed by atoms with Crippen molar-refractivity contribution in [3.63, 3.8) is 0 Å². The first-order valence-electron chi connectivity index (χ1n) is 13.2. The van der Waals surface area contributed by atoms with Gasteiger partial charge in [0.05, 0.1) is 30.6 Å². The van der Waals surface area contributed by atoms with Gasteiger partial charge < -0.3 is 25.4 Å². The van der Waals surface area contributed by atoms with E-state index in [0.717, 1.165) is 16.7 Å². The van der Waals surface area contributed by atoms with Gasteiger partial charge in [-0.15, -0.1) is 0 Å². The number of ether oxygens (including phenoxy) is 1. The molecular formula is C29H34BrN3O5. The van der Waals surface area contributed by atoms with Crippen molar-refractivity contribution in [2.75, 3.05) is 11.9 Å². The summed E-state index contributed by atoms with van der Waals surface area (Å²) in [6.07, 6.45) is 0.343. The first kappa shape index (κ1) is 26.8. The van der Waals surface area contributed by atoms with Crippen LogP contribution in [0.4, 0.5) is 5.69 Å². The number of benzene rings is 2. The van der Waals surface area contributed by atoms with Crippen LogP contribution in [0.1, 0.15) is 36.5 Å². The van der Waals surface area contributed by atoms with Gasteiger partial charge in [0.1, 0.15) is 11.6 Å². The molecule has 3 N–H and O–H groups in total. The Morgan fingerprint density at radius 1 is 1.13 bits per heavy atom. The number of alkyl halides is 1. The Balaban J connectivity index is 1.50. The molecule has 38 heavy (non-hydrogen) atoms. The highest BCUT2D eigenvalue weighted by molar-refractivity contribution is 9.09. The summed E-state index contributed by atoms with van der Waals surface area (Å²) in [6, 6.07) is 13.8. The van der Waals surface area contributed by atoms with E-state index in [2.05, 4.69) is 26.6 Å². The summed E-state index contributed by atoms with van der Waals surface area (Å²) < 4.78 is 6.54. The third-order valence-corrected chi connectivity index (χ3v) is 9.24. The molecular weight excluding hydrogens is 550 g/mol. The summed E-state index contributed by atoms with van der Waals surface area (Å²) in [5, 5.41) is 16.2. The molecule has 8 nitrogen and oxygen atoms in total. The Labute approximate surface area is 231 Å². The van der Waals surface area contributed by atoms with Gasteiger partial charge in [0.15, 0.2) is 0 Å². The Hall–Kier alpha value is -2.75. The van der Waals surface area contributed by atoms with Crippen LogP contribution >= 0.6 is 15.9 Å². The van der Waals surface area contributed by atoms with Crippen molar-refractivity contribution < 1.29 is 24.2 Å². The molecule has 0 aromatic heterocycles. The van der Waals surface area contributed by atoms with Gasteiger partial charge in [0.2, 0.25) is 17.7 Å². The number of aryl methyl sites for hydroxylation is 2. The molecule has 2 aromatic rings. The van der Waals surface area contributed by atoms with Crippen LogP contribution in [-0.4, -0.2) is 63.0 Å². The maximum Gasteiger partial charge on any atom is 0.250 e. The molecule has 0 aliphatic carbocycles. The number of fused-ring (bicyclic) bond motifs is 1. The third kappa shape index (κ3) is 4.25. The van der Waals surface area contributed by atoms with Crippen molar-refractivity contribution in [3.8, 4) is 0 Å². The van der Waals surface area contributed by atoms with Crippen molar-refractivity contribution in [1.29, 1.82) is 0 Å². The number of aliphatic hydroxyl groups is 1. The molecule has 0 radical (unpaired) electrons. The Kier molecular flexibility index (Phi) is 7.37. The summed E-state index contributed by atoms with van der Waals surface area (Å²) >= 11 is 3.69. The Morgan fingerprint density at radius 2 is 1.82 bits per heavy atom. The molecule has 7 atom stereocenters. The number of para-hydroxylation sites is 1. The summed E-state index contributed by atoms with van der Waals surface area (Å²) in [5.74, 6) is -2.51. The van der Waals surface area contributed by atoms with Crippen molar-refractivity contribution in [2.45, 2.75) is 68.8 Å². The van der Waals surface area contributed by atoms with Crippen molar-refractivity contribution >= 4 is 39.3 Å². The summed E-state index contributed by atoms with van der Waals surface area (Å²) in [7, 11) is 0. The maximum absolute atomic E-state index is 14.1. The fraction of sp³-hybridized carbons (Fsp3) is 0.483. The van der Waals surface area contributed by atoms with Crippen LogP contribution in [0.3, 0.4) is 0 Å². The number of carbonyl (C=O) groups excluding carboxylic acids is 3. The van der Waals surface area contributed by atoms with E-state index < -0.39 is 35.6 Å². The molecule has 1 spiro atoms. The third-order valence-electron chi connectivity index (χ3n) is 8.39. The number of hydrogen-bond acceptors (Lipinski definition) is 5. The lowest BCUT2D eigenvalue weighted by atomic mass is 9.70. The quantitative estimate of drug-likeness (QED) is 0.414. The number of nitrogens with one attached hydrogen (secondary N) is 2. The van der Waals surface area contributed by atoms with Gasteiger partial charge in [0.25, 0.3) is 0 Å². The highest BCUT2D eigenvalue weighted by Crippen LogP contribution is 2.60. The van der Waals surface area contributed by atoms with Crippen LogP contribution in [0.2, 0.25) is 0 Å². The molecule has 202 valence electrons. The number of rotatable bonds is 8. The highest BCUT2D eigenvalue weighted by atomic mass is 79.9. The fourth-order valence-corrected chi connectivity index (χ4v) is 7.52. The van der Waals surface area contributed by atoms with E-state index in [-0.39, 0.29) is 29.2 Å². The van der Waals surface area contributed by atoms with Crippen molar-refractivity contribution in [3.05, 3.63) is 65.2 Å². The van der Waals surface area contributed by atoms with E-state index >= 15 is 0 Å². The number of anilines is 1.